The van der Waals surface area contributed by atoms with Gasteiger partial charge in [-0.05, 0) is 29.8 Å². The summed E-state index contributed by atoms with van der Waals surface area (Å²) in [5, 5.41) is 0.0292. The molecule has 0 fully saturated rings. The maximum absolute atomic E-state index is 12.7. The Bertz CT molecular complexity index is 825. The lowest BCUT2D eigenvalue weighted by Crippen LogP contribution is -2.40. The van der Waals surface area contributed by atoms with Gasteiger partial charge < -0.3 is 9.16 Å². The summed E-state index contributed by atoms with van der Waals surface area (Å²) in [5.74, 6) is 0. The molecule has 152 valence electrons. The van der Waals surface area contributed by atoms with Crippen LogP contribution in [0.25, 0.3) is 0 Å². The number of rotatable bonds is 6. The van der Waals surface area contributed by atoms with Gasteiger partial charge in [-0.2, -0.15) is 0 Å². The Morgan fingerprint density at radius 2 is 1.75 bits per heavy atom. The van der Waals surface area contributed by atoms with Crippen molar-refractivity contribution in [2.45, 2.75) is 63.9 Å². The molecule has 0 aliphatic heterocycles. The Morgan fingerprint density at radius 3 is 2.32 bits per heavy atom. The van der Waals surface area contributed by atoms with Crippen LogP contribution in [0, 0.1) is 0 Å². The van der Waals surface area contributed by atoms with Gasteiger partial charge in [-0.1, -0.05) is 62.9 Å². The lowest BCUT2D eigenvalue weighted by atomic mass is 10.2. The smallest absolute Gasteiger partial charge is 0.418 e. The molecule has 0 radical (unpaired) electrons. The van der Waals surface area contributed by atoms with Crippen molar-refractivity contribution in [2.75, 3.05) is 0 Å². The first-order valence-corrected chi connectivity index (χ1v) is 13.0. The van der Waals surface area contributed by atoms with E-state index in [-0.39, 0.29) is 16.8 Å². The third-order valence-electron chi connectivity index (χ3n) is 4.93. The molecule has 0 unspecified atom stereocenters. The van der Waals surface area contributed by atoms with E-state index in [0.29, 0.717) is 17.2 Å². The molecule has 0 bridgehead atoms. The minimum atomic E-state index is -1.98. The van der Waals surface area contributed by atoms with Crippen LogP contribution in [0.3, 0.4) is 0 Å². The Morgan fingerprint density at radius 1 is 1.11 bits per heavy atom. The molecule has 1 heterocycles. The van der Waals surface area contributed by atoms with E-state index >= 15 is 0 Å². The Balaban J connectivity index is 2.17. The van der Waals surface area contributed by atoms with Crippen LogP contribution >= 0.6 is 11.8 Å². The summed E-state index contributed by atoms with van der Waals surface area (Å²) >= 11 is 1.09. The number of carbonyl (C=O) groups is 2. The predicted molar refractivity (Wildman–Crippen MR) is 115 cm³/mol. The fraction of sp³-hybridized carbons (Fsp3) is 0.429. The molecule has 28 heavy (non-hydrogen) atoms. The Kier molecular flexibility index (Phi) is 7.31. The molecule has 0 spiro atoms. The van der Waals surface area contributed by atoms with Gasteiger partial charge in [-0.15, -0.1) is 0 Å². The molecule has 1 aromatic heterocycles. The second kappa shape index (κ2) is 9.11. The predicted octanol–water partition coefficient (Wildman–Crippen LogP) is 5.83. The van der Waals surface area contributed by atoms with Crippen LogP contribution in [-0.4, -0.2) is 24.1 Å². The van der Waals surface area contributed by atoms with Crippen LogP contribution in [0.5, 0.6) is 0 Å². The van der Waals surface area contributed by atoms with Gasteiger partial charge in [-0.25, -0.2) is 4.79 Å². The molecular weight excluding hydrogens is 390 g/mol. The van der Waals surface area contributed by atoms with Crippen molar-refractivity contribution in [3.63, 3.8) is 0 Å². The third kappa shape index (κ3) is 6.09. The summed E-state index contributed by atoms with van der Waals surface area (Å²) in [5.41, 5.74) is 1.60. The first kappa shape index (κ1) is 22.5. The second-order valence-electron chi connectivity index (χ2n) is 8.22. The minimum absolute atomic E-state index is 0.0355. The molecule has 0 amide bonds. The van der Waals surface area contributed by atoms with Crippen molar-refractivity contribution in [3.8, 4) is 0 Å². The Hall–Kier alpha value is -1.83. The minimum Gasteiger partial charge on any atom is -0.444 e. The van der Waals surface area contributed by atoms with Gasteiger partial charge in [0.25, 0.3) is 0 Å². The highest BCUT2D eigenvalue weighted by Gasteiger charge is 2.37. The van der Waals surface area contributed by atoms with E-state index in [2.05, 4.69) is 33.9 Å². The average molecular weight is 420 g/mol. The van der Waals surface area contributed by atoms with E-state index in [1.165, 1.54) is 11.5 Å². The maximum atomic E-state index is 12.7. The number of thioether (sulfide) groups is 1. The quantitative estimate of drug-likeness (QED) is 0.435. The van der Waals surface area contributed by atoms with Crippen molar-refractivity contribution in [3.05, 3.63) is 53.9 Å². The summed E-state index contributed by atoms with van der Waals surface area (Å²) < 4.78 is 13.2. The maximum Gasteiger partial charge on any atom is 0.418 e. The van der Waals surface area contributed by atoms with E-state index in [4.69, 9.17) is 9.16 Å². The number of aromatic nitrogens is 1. The highest BCUT2D eigenvalue weighted by atomic mass is 32.2. The monoisotopic (exact) mass is 419 g/mol. The molecule has 7 heteroatoms. The third-order valence-corrected chi connectivity index (χ3v) is 10.1. The van der Waals surface area contributed by atoms with Crippen molar-refractivity contribution in [1.82, 2.24) is 4.57 Å². The zero-order chi connectivity index (χ0) is 20.9. The van der Waals surface area contributed by atoms with E-state index in [0.717, 1.165) is 17.3 Å². The van der Waals surface area contributed by atoms with Gasteiger partial charge in [0.2, 0.25) is 0 Å². The lowest BCUT2D eigenvalue weighted by molar-refractivity contribution is -0.109. The van der Waals surface area contributed by atoms with E-state index in [9.17, 15) is 9.59 Å². The van der Waals surface area contributed by atoms with Gasteiger partial charge >= 0.3 is 6.09 Å². The number of hydrogen-bond donors (Lipinski definition) is 0. The van der Waals surface area contributed by atoms with Crippen LogP contribution in [0.15, 0.2) is 47.5 Å². The lowest BCUT2D eigenvalue weighted by Gasteiger charge is -2.36. The van der Waals surface area contributed by atoms with Crippen LogP contribution < -0.4 is 0 Å². The number of carbonyl (C=O) groups excluding carboxylic acids is 2. The molecular formula is C21H29NO4SSi. The van der Waals surface area contributed by atoms with Gasteiger partial charge in [0, 0.05) is 18.0 Å². The SMILES string of the molecule is CC(=O)Sc1cc(CO[Si](C)(C)C(C)(C)C)n(C(=O)OCc2ccccc2)c1. The molecule has 2 aromatic rings. The van der Waals surface area contributed by atoms with Crippen LogP contribution in [0.1, 0.15) is 39.0 Å². The molecule has 1 aromatic carbocycles. The van der Waals surface area contributed by atoms with E-state index in [1.807, 2.05) is 36.4 Å². The highest BCUT2D eigenvalue weighted by molar-refractivity contribution is 8.13. The van der Waals surface area contributed by atoms with Gasteiger partial charge in [0.15, 0.2) is 13.4 Å². The highest BCUT2D eigenvalue weighted by Crippen LogP contribution is 2.37. The van der Waals surface area contributed by atoms with E-state index < -0.39 is 14.4 Å². The van der Waals surface area contributed by atoms with Gasteiger partial charge in [0.1, 0.15) is 6.61 Å². The molecule has 0 N–H and O–H groups in total. The van der Waals surface area contributed by atoms with Crippen LogP contribution in [-0.2, 0) is 27.2 Å². The molecule has 2 rings (SSSR count). The van der Waals surface area contributed by atoms with Gasteiger partial charge in [-0.3, -0.25) is 9.36 Å². The number of hydrogen-bond acceptors (Lipinski definition) is 5. The topological polar surface area (TPSA) is 57.5 Å². The van der Waals surface area contributed by atoms with Crippen LogP contribution in [0.4, 0.5) is 4.79 Å². The average Bonchev–Trinajstić information content (AvgIpc) is 3.00. The molecule has 0 atom stereocenters. The number of benzene rings is 1. The van der Waals surface area contributed by atoms with Crippen molar-refractivity contribution in [2.24, 2.45) is 0 Å². The molecule has 0 saturated heterocycles. The van der Waals surface area contributed by atoms with Crippen molar-refractivity contribution in [1.29, 1.82) is 0 Å². The molecule has 0 saturated carbocycles. The zero-order valence-corrected chi connectivity index (χ0v) is 19.3. The number of nitrogens with zero attached hydrogens (tertiary/aromatic N) is 1. The molecule has 0 aliphatic rings. The van der Waals surface area contributed by atoms with Crippen LogP contribution in [0.2, 0.25) is 18.1 Å². The summed E-state index contributed by atoms with van der Waals surface area (Å²) in [4.78, 5) is 24.8. The summed E-state index contributed by atoms with van der Waals surface area (Å²) in [6.07, 6.45) is 1.16. The van der Waals surface area contributed by atoms with E-state index in [1.54, 1.807) is 6.20 Å². The second-order valence-corrected chi connectivity index (χ2v) is 14.3. The normalized spacial score (nSPS) is 12.1. The fourth-order valence-electron chi connectivity index (χ4n) is 2.24. The summed E-state index contributed by atoms with van der Waals surface area (Å²) in [7, 11) is -1.98. The summed E-state index contributed by atoms with van der Waals surface area (Å²) in [6, 6.07) is 11.3. The fourth-order valence-corrected chi connectivity index (χ4v) is 3.87. The number of ether oxygens (including phenoxy) is 1. The first-order valence-electron chi connectivity index (χ1n) is 9.24. The van der Waals surface area contributed by atoms with Crippen molar-refractivity contribution >= 4 is 31.3 Å². The zero-order valence-electron chi connectivity index (χ0n) is 17.4. The Labute approximate surface area is 172 Å². The molecule has 0 aliphatic carbocycles. The first-order chi connectivity index (χ1) is 13.0. The molecule has 5 nitrogen and oxygen atoms in total. The standard InChI is InChI=1S/C21H29NO4SSi/c1-16(23)27-19-12-18(15-26-28(5,6)21(2,3)4)22(13-19)20(24)25-14-17-10-8-7-9-11-17/h7-13H,14-15H2,1-6H3. The largest absolute Gasteiger partial charge is 0.444 e. The summed E-state index contributed by atoms with van der Waals surface area (Å²) in [6.45, 7) is 12.8. The van der Waals surface area contributed by atoms with Gasteiger partial charge in [0.05, 0.1) is 12.3 Å². The van der Waals surface area contributed by atoms with Crippen molar-refractivity contribution < 1.29 is 18.8 Å².